The fourth-order valence-electron chi connectivity index (χ4n) is 3.01. The first kappa shape index (κ1) is 12.4. The van der Waals surface area contributed by atoms with E-state index in [0.29, 0.717) is 5.92 Å². The minimum Gasteiger partial charge on any atom is -0.343 e. The summed E-state index contributed by atoms with van der Waals surface area (Å²) in [5, 5.41) is 2.80. The van der Waals surface area contributed by atoms with Crippen molar-refractivity contribution >= 4 is 11.8 Å². The zero-order valence-corrected chi connectivity index (χ0v) is 10.9. The highest BCUT2D eigenvalue weighted by Gasteiger charge is 2.40. The van der Waals surface area contributed by atoms with Gasteiger partial charge in [0.15, 0.2) is 0 Å². The van der Waals surface area contributed by atoms with Gasteiger partial charge in [-0.15, -0.1) is 0 Å². The average Bonchev–Trinajstić information content (AvgIpc) is 2.67. The zero-order chi connectivity index (χ0) is 12.6. The molecule has 1 saturated heterocycles. The van der Waals surface area contributed by atoms with Crippen LogP contribution in [0.2, 0.25) is 0 Å². The van der Waals surface area contributed by atoms with Crippen molar-refractivity contribution in [2.45, 2.75) is 52.1 Å². The summed E-state index contributed by atoms with van der Waals surface area (Å²) < 4.78 is 0. The van der Waals surface area contributed by atoms with E-state index in [1.54, 1.807) is 0 Å². The van der Waals surface area contributed by atoms with Gasteiger partial charge in [0.1, 0.15) is 6.04 Å². The summed E-state index contributed by atoms with van der Waals surface area (Å²) in [6.45, 7) is 6.38. The SMILES string of the molecule is CC(C)C1NC(=O)CN(C2CCCC2C)C1=O. The number of hydrogen-bond donors (Lipinski definition) is 1. The van der Waals surface area contributed by atoms with Crippen molar-refractivity contribution in [2.75, 3.05) is 6.54 Å². The third-order valence-electron chi connectivity index (χ3n) is 4.06. The molecule has 3 unspecified atom stereocenters. The van der Waals surface area contributed by atoms with E-state index in [0.717, 1.165) is 6.42 Å². The molecule has 0 bridgehead atoms. The second kappa shape index (κ2) is 4.67. The van der Waals surface area contributed by atoms with Gasteiger partial charge in [0.25, 0.3) is 0 Å². The maximum absolute atomic E-state index is 12.4. The molecule has 0 aromatic rings. The summed E-state index contributed by atoms with van der Waals surface area (Å²) in [6, 6.07) is -0.0566. The molecule has 2 rings (SSSR count). The van der Waals surface area contributed by atoms with Crippen LogP contribution in [0.25, 0.3) is 0 Å². The molecule has 2 amide bonds. The van der Waals surface area contributed by atoms with E-state index >= 15 is 0 Å². The summed E-state index contributed by atoms with van der Waals surface area (Å²) in [5.74, 6) is 0.782. The maximum Gasteiger partial charge on any atom is 0.246 e. The number of hydrogen-bond acceptors (Lipinski definition) is 2. The molecule has 0 aromatic heterocycles. The quantitative estimate of drug-likeness (QED) is 0.784. The lowest BCUT2D eigenvalue weighted by atomic mass is 9.97. The predicted molar refractivity (Wildman–Crippen MR) is 65.3 cm³/mol. The fourth-order valence-corrected chi connectivity index (χ4v) is 3.01. The van der Waals surface area contributed by atoms with Gasteiger partial charge < -0.3 is 10.2 Å². The second-order valence-corrected chi connectivity index (χ2v) is 5.73. The van der Waals surface area contributed by atoms with Gasteiger partial charge >= 0.3 is 0 Å². The summed E-state index contributed by atoms with van der Waals surface area (Å²) in [5.41, 5.74) is 0. The first-order valence-electron chi connectivity index (χ1n) is 6.60. The van der Waals surface area contributed by atoms with Crippen LogP contribution in [0.1, 0.15) is 40.0 Å². The number of carbonyl (C=O) groups is 2. The Hall–Kier alpha value is -1.06. The Labute approximate surface area is 103 Å². The molecule has 4 nitrogen and oxygen atoms in total. The lowest BCUT2D eigenvalue weighted by molar-refractivity contribution is -0.148. The highest BCUT2D eigenvalue weighted by Crippen LogP contribution is 2.31. The summed E-state index contributed by atoms with van der Waals surface area (Å²) in [4.78, 5) is 25.9. The third kappa shape index (κ3) is 2.31. The molecular formula is C13H22N2O2. The molecule has 1 aliphatic heterocycles. The number of carbonyl (C=O) groups excluding carboxylic acids is 2. The van der Waals surface area contributed by atoms with Gasteiger partial charge in [-0.1, -0.05) is 27.2 Å². The molecule has 3 atom stereocenters. The normalized spacial score (nSPS) is 34.4. The Morgan fingerprint density at radius 1 is 1.29 bits per heavy atom. The van der Waals surface area contributed by atoms with Crippen LogP contribution < -0.4 is 5.32 Å². The smallest absolute Gasteiger partial charge is 0.246 e. The lowest BCUT2D eigenvalue weighted by Gasteiger charge is -2.39. The van der Waals surface area contributed by atoms with Crippen molar-refractivity contribution in [1.82, 2.24) is 10.2 Å². The van der Waals surface area contributed by atoms with E-state index < -0.39 is 0 Å². The summed E-state index contributed by atoms with van der Waals surface area (Å²) in [7, 11) is 0. The van der Waals surface area contributed by atoms with Gasteiger partial charge in [0.2, 0.25) is 11.8 Å². The van der Waals surface area contributed by atoms with Crippen LogP contribution in [0.15, 0.2) is 0 Å². The van der Waals surface area contributed by atoms with Crippen molar-refractivity contribution < 1.29 is 9.59 Å². The average molecular weight is 238 g/mol. The van der Waals surface area contributed by atoms with Crippen molar-refractivity contribution in [1.29, 1.82) is 0 Å². The molecule has 1 saturated carbocycles. The number of nitrogens with zero attached hydrogens (tertiary/aromatic N) is 1. The standard InChI is InChI=1S/C13H22N2O2/c1-8(2)12-13(17)15(7-11(16)14-12)10-6-4-5-9(10)3/h8-10,12H,4-7H2,1-3H3,(H,14,16). The first-order chi connectivity index (χ1) is 8.00. The molecule has 17 heavy (non-hydrogen) atoms. The maximum atomic E-state index is 12.4. The molecule has 2 aliphatic rings. The molecule has 1 N–H and O–H groups in total. The van der Waals surface area contributed by atoms with E-state index in [9.17, 15) is 9.59 Å². The molecule has 0 spiro atoms. The molecule has 0 radical (unpaired) electrons. The van der Waals surface area contributed by atoms with Crippen molar-refractivity contribution in [3.8, 4) is 0 Å². The monoisotopic (exact) mass is 238 g/mol. The minimum absolute atomic E-state index is 0.0117. The Bertz CT molecular complexity index is 327. The Morgan fingerprint density at radius 2 is 2.00 bits per heavy atom. The highest BCUT2D eigenvalue weighted by atomic mass is 16.2. The lowest BCUT2D eigenvalue weighted by Crippen LogP contribution is -2.62. The van der Waals surface area contributed by atoms with Gasteiger partial charge in [0, 0.05) is 6.04 Å². The molecule has 1 aliphatic carbocycles. The second-order valence-electron chi connectivity index (χ2n) is 5.73. The predicted octanol–water partition coefficient (Wildman–Crippen LogP) is 1.16. The van der Waals surface area contributed by atoms with E-state index in [4.69, 9.17) is 0 Å². The van der Waals surface area contributed by atoms with Crippen LogP contribution >= 0.6 is 0 Å². The van der Waals surface area contributed by atoms with Crippen LogP contribution in [-0.4, -0.2) is 35.3 Å². The first-order valence-corrected chi connectivity index (χ1v) is 6.60. The molecule has 2 fully saturated rings. The van der Waals surface area contributed by atoms with Crippen molar-refractivity contribution in [2.24, 2.45) is 11.8 Å². The Kier molecular flexibility index (Phi) is 3.40. The fraction of sp³-hybridized carbons (Fsp3) is 0.846. The van der Waals surface area contributed by atoms with Crippen LogP contribution in [0.3, 0.4) is 0 Å². The van der Waals surface area contributed by atoms with Gasteiger partial charge in [-0.25, -0.2) is 0 Å². The topological polar surface area (TPSA) is 49.4 Å². The largest absolute Gasteiger partial charge is 0.343 e. The molecular weight excluding hydrogens is 216 g/mol. The summed E-state index contributed by atoms with van der Waals surface area (Å²) >= 11 is 0. The molecule has 0 aromatic carbocycles. The van der Waals surface area contributed by atoms with Gasteiger partial charge in [0.05, 0.1) is 6.54 Å². The van der Waals surface area contributed by atoms with E-state index in [2.05, 4.69) is 12.2 Å². The van der Waals surface area contributed by atoms with Crippen molar-refractivity contribution in [3.05, 3.63) is 0 Å². The van der Waals surface area contributed by atoms with Gasteiger partial charge in [-0.05, 0) is 24.7 Å². The number of nitrogens with one attached hydrogen (secondary N) is 1. The van der Waals surface area contributed by atoms with Crippen LogP contribution in [0.4, 0.5) is 0 Å². The zero-order valence-electron chi connectivity index (χ0n) is 10.9. The number of amides is 2. The van der Waals surface area contributed by atoms with Crippen LogP contribution in [0, 0.1) is 11.8 Å². The van der Waals surface area contributed by atoms with Gasteiger partial charge in [-0.2, -0.15) is 0 Å². The summed E-state index contributed by atoms with van der Waals surface area (Å²) in [6.07, 6.45) is 3.39. The Balaban J connectivity index is 2.15. The highest BCUT2D eigenvalue weighted by molar-refractivity contribution is 5.95. The number of piperazine rings is 1. The van der Waals surface area contributed by atoms with E-state index in [-0.39, 0.29) is 36.4 Å². The minimum atomic E-state index is -0.330. The molecule has 1 heterocycles. The third-order valence-corrected chi connectivity index (χ3v) is 4.06. The number of rotatable bonds is 2. The van der Waals surface area contributed by atoms with Crippen molar-refractivity contribution in [3.63, 3.8) is 0 Å². The molecule has 96 valence electrons. The van der Waals surface area contributed by atoms with E-state index in [1.165, 1.54) is 12.8 Å². The van der Waals surface area contributed by atoms with Gasteiger partial charge in [-0.3, -0.25) is 9.59 Å². The van der Waals surface area contributed by atoms with E-state index in [1.807, 2.05) is 18.7 Å². The van der Waals surface area contributed by atoms with Crippen LogP contribution in [0.5, 0.6) is 0 Å². The molecule has 4 heteroatoms. The van der Waals surface area contributed by atoms with Crippen LogP contribution in [-0.2, 0) is 9.59 Å². The Morgan fingerprint density at radius 3 is 2.53 bits per heavy atom.